The Morgan fingerprint density at radius 3 is 2.48 bits per heavy atom. The number of urea groups is 1. The van der Waals surface area contributed by atoms with Crippen molar-refractivity contribution in [3.05, 3.63) is 65.5 Å². The van der Waals surface area contributed by atoms with Crippen molar-refractivity contribution >= 4 is 6.03 Å². The number of nitrogens with zero attached hydrogens (tertiary/aromatic N) is 2. The Labute approximate surface area is 159 Å². The number of aromatic hydroxyl groups is 1. The van der Waals surface area contributed by atoms with Gasteiger partial charge in [-0.2, -0.15) is 0 Å². The molecule has 0 radical (unpaired) electrons. The number of hydrogen-bond donors (Lipinski definition) is 2. The van der Waals surface area contributed by atoms with E-state index in [1.165, 1.54) is 12.1 Å². The lowest BCUT2D eigenvalue weighted by molar-refractivity contribution is 0.184. The number of phenols is 1. The van der Waals surface area contributed by atoms with Crippen LogP contribution in [0.1, 0.15) is 17.5 Å². The van der Waals surface area contributed by atoms with Crippen LogP contribution < -0.4 is 5.32 Å². The lowest BCUT2D eigenvalue weighted by atomic mass is 10.1. The molecule has 1 fully saturated rings. The van der Waals surface area contributed by atoms with Crippen LogP contribution >= 0.6 is 0 Å². The maximum Gasteiger partial charge on any atom is 0.317 e. The summed E-state index contributed by atoms with van der Waals surface area (Å²) in [5, 5.41) is 12.3. The lowest BCUT2D eigenvalue weighted by Gasteiger charge is -2.26. The van der Waals surface area contributed by atoms with Gasteiger partial charge in [0, 0.05) is 26.2 Å². The number of likely N-dealkylation sites (tertiary alicyclic amines) is 1. The third-order valence-electron chi connectivity index (χ3n) is 4.92. The Hall–Kier alpha value is -2.60. The normalized spacial score (nSPS) is 17.0. The van der Waals surface area contributed by atoms with Crippen LogP contribution in [0.3, 0.4) is 0 Å². The fraction of sp³-hybridized carbons (Fsp3) is 0.381. The summed E-state index contributed by atoms with van der Waals surface area (Å²) in [5.74, 6) is 0.364. The van der Waals surface area contributed by atoms with E-state index < -0.39 is 0 Å². The monoisotopic (exact) mass is 371 g/mol. The predicted molar refractivity (Wildman–Crippen MR) is 103 cm³/mol. The molecule has 0 spiro atoms. The van der Waals surface area contributed by atoms with Crippen molar-refractivity contribution < 1.29 is 14.3 Å². The van der Waals surface area contributed by atoms with Gasteiger partial charge in [0.1, 0.15) is 11.6 Å². The number of amides is 2. The number of benzene rings is 2. The molecule has 1 aliphatic heterocycles. The fourth-order valence-electron chi connectivity index (χ4n) is 3.42. The smallest absolute Gasteiger partial charge is 0.317 e. The van der Waals surface area contributed by atoms with E-state index in [1.54, 1.807) is 41.3 Å². The van der Waals surface area contributed by atoms with Crippen LogP contribution in [-0.4, -0.2) is 47.6 Å². The summed E-state index contributed by atoms with van der Waals surface area (Å²) < 4.78 is 13.2. The van der Waals surface area contributed by atoms with Crippen LogP contribution in [0.2, 0.25) is 0 Å². The van der Waals surface area contributed by atoms with Gasteiger partial charge in [-0.1, -0.05) is 24.3 Å². The van der Waals surface area contributed by atoms with E-state index in [9.17, 15) is 14.3 Å². The van der Waals surface area contributed by atoms with Crippen molar-refractivity contribution in [2.24, 2.45) is 5.92 Å². The molecule has 2 aromatic rings. The first-order valence-corrected chi connectivity index (χ1v) is 9.23. The molecule has 144 valence electrons. The van der Waals surface area contributed by atoms with Gasteiger partial charge in [-0.25, -0.2) is 9.18 Å². The van der Waals surface area contributed by atoms with E-state index in [2.05, 4.69) is 17.3 Å². The quantitative estimate of drug-likeness (QED) is 0.820. The van der Waals surface area contributed by atoms with Crippen molar-refractivity contribution in [3.63, 3.8) is 0 Å². The highest BCUT2D eigenvalue weighted by Crippen LogP contribution is 2.18. The molecular weight excluding hydrogens is 345 g/mol. The lowest BCUT2D eigenvalue weighted by Crippen LogP contribution is -2.42. The van der Waals surface area contributed by atoms with Crippen LogP contribution in [0, 0.1) is 11.7 Å². The predicted octanol–water partition coefficient (Wildman–Crippen LogP) is 3.19. The molecule has 0 aromatic heterocycles. The number of carbonyl (C=O) groups is 1. The van der Waals surface area contributed by atoms with Gasteiger partial charge in [0.25, 0.3) is 0 Å². The van der Waals surface area contributed by atoms with Gasteiger partial charge in [0.15, 0.2) is 0 Å². The van der Waals surface area contributed by atoms with Gasteiger partial charge in [-0.05, 0) is 61.3 Å². The van der Waals surface area contributed by atoms with Crippen molar-refractivity contribution in [1.29, 1.82) is 0 Å². The van der Waals surface area contributed by atoms with Crippen LogP contribution in [0.15, 0.2) is 48.5 Å². The molecule has 27 heavy (non-hydrogen) atoms. The van der Waals surface area contributed by atoms with Gasteiger partial charge >= 0.3 is 6.03 Å². The van der Waals surface area contributed by atoms with Crippen molar-refractivity contribution in [1.82, 2.24) is 15.1 Å². The molecule has 1 saturated heterocycles. The average Bonchev–Trinajstić information content (AvgIpc) is 3.07. The van der Waals surface area contributed by atoms with E-state index in [0.717, 1.165) is 30.6 Å². The van der Waals surface area contributed by atoms with E-state index in [4.69, 9.17) is 0 Å². The first-order chi connectivity index (χ1) is 13.0. The highest BCUT2D eigenvalue weighted by molar-refractivity contribution is 5.74. The molecule has 2 N–H and O–H groups in total. The minimum Gasteiger partial charge on any atom is -0.508 e. The van der Waals surface area contributed by atoms with E-state index >= 15 is 0 Å². The number of phenolic OH excluding ortho intramolecular Hbond substituents is 1. The first kappa shape index (κ1) is 19.2. The fourth-order valence-corrected chi connectivity index (χ4v) is 3.42. The molecular formula is C21H26FN3O2. The standard InChI is InChI=1S/C21H26FN3O2/c1-24-11-10-18(13-24)15-25(14-17-2-6-19(22)7-3-17)21(27)23-12-16-4-8-20(26)9-5-16/h2-9,18,26H,10-15H2,1H3,(H,23,27)/t18-/m1/s1. The van der Waals surface area contributed by atoms with E-state index in [1.807, 2.05) is 0 Å². The van der Waals surface area contributed by atoms with Crippen molar-refractivity contribution in [3.8, 4) is 5.75 Å². The highest BCUT2D eigenvalue weighted by Gasteiger charge is 2.24. The highest BCUT2D eigenvalue weighted by atomic mass is 19.1. The van der Waals surface area contributed by atoms with Crippen molar-refractivity contribution in [2.45, 2.75) is 19.5 Å². The zero-order valence-electron chi connectivity index (χ0n) is 15.6. The van der Waals surface area contributed by atoms with Gasteiger partial charge in [0.2, 0.25) is 0 Å². The van der Waals surface area contributed by atoms with Crippen molar-refractivity contribution in [2.75, 3.05) is 26.7 Å². The Kier molecular flexibility index (Phi) is 6.29. The summed E-state index contributed by atoms with van der Waals surface area (Å²) in [6, 6.07) is 12.9. The number of halogens is 1. The number of nitrogens with one attached hydrogen (secondary N) is 1. The molecule has 0 unspecified atom stereocenters. The van der Waals surface area contributed by atoms with Crippen LogP contribution in [-0.2, 0) is 13.1 Å². The van der Waals surface area contributed by atoms with Gasteiger partial charge in [-0.15, -0.1) is 0 Å². The largest absolute Gasteiger partial charge is 0.508 e. The van der Waals surface area contributed by atoms with Gasteiger partial charge in [0.05, 0.1) is 0 Å². The molecule has 0 saturated carbocycles. The molecule has 1 heterocycles. The summed E-state index contributed by atoms with van der Waals surface area (Å²) in [6.07, 6.45) is 1.07. The van der Waals surface area contributed by atoms with Crippen LogP contribution in [0.5, 0.6) is 5.75 Å². The third kappa shape index (κ3) is 5.69. The van der Waals surface area contributed by atoms with Gasteiger partial charge < -0.3 is 20.2 Å². The first-order valence-electron chi connectivity index (χ1n) is 9.23. The summed E-state index contributed by atoms with van der Waals surface area (Å²) in [7, 11) is 2.09. The summed E-state index contributed by atoms with van der Waals surface area (Å²) in [5.41, 5.74) is 1.83. The molecule has 0 bridgehead atoms. The zero-order chi connectivity index (χ0) is 19.2. The SMILES string of the molecule is CN1CC[C@@H](CN(Cc2ccc(F)cc2)C(=O)NCc2ccc(O)cc2)C1. The second-order valence-corrected chi connectivity index (χ2v) is 7.25. The number of hydrogen-bond acceptors (Lipinski definition) is 3. The summed E-state index contributed by atoms with van der Waals surface area (Å²) >= 11 is 0. The second kappa shape index (κ2) is 8.86. The van der Waals surface area contributed by atoms with Gasteiger partial charge in [-0.3, -0.25) is 0 Å². The number of carbonyl (C=O) groups excluding carboxylic acids is 1. The third-order valence-corrected chi connectivity index (χ3v) is 4.92. The zero-order valence-corrected chi connectivity index (χ0v) is 15.6. The van der Waals surface area contributed by atoms with E-state index in [-0.39, 0.29) is 17.6 Å². The summed E-state index contributed by atoms with van der Waals surface area (Å²) in [6.45, 7) is 3.53. The van der Waals surface area contributed by atoms with Crippen LogP contribution in [0.25, 0.3) is 0 Å². The minimum absolute atomic E-state index is 0.137. The Morgan fingerprint density at radius 2 is 1.85 bits per heavy atom. The molecule has 0 aliphatic carbocycles. The minimum atomic E-state index is -0.278. The maximum atomic E-state index is 13.2. The second-order valence-electron chi connectivity index (χ2n) is 7.25. The topological polar surface area (TPSA) is 55.8 Å². The Bertz CT molecular complexity index is 749. The Morgan fingerprint density at radius 1 is 1.19 bits per heavy atom. The average molecular weight is 371 g/mol. The number of rotatable bonds is 6. The summed E-state index contributed by atoms with van der Waals surface area (Å²) in [4.78, 5) is 16.9. The maximum absolute atomic E-state index is 13.2. The molecule has 1 aliphatic rings. The van der Waals surface area contributed by atoms with Crippen LogP contribution in [0.4, 0.5) is 9.18 Å². The van der Waals surface area contributed by atoms with E-state index in [0.29, 0.717) is 25.6 Å². The Balaban J connectivity index is 1.64. The molecule has 5 nitrogen and oxygen atoms in total. The molecule has 6 heteroatoms. The molecule has 1 atom stereocenters. The molecule has 2 amide bonds. The molecule has 2 aromatic carbocycles. The molecule has 3 rings (SSSR count).